The van der Waals surface area contributed by atoms with Crippen LogP contribution in [-0.4, -0.2) is 45.7 Å². The summed E-state index contributed by atoms with van der Waals surface area (Å²) < 4.78 is 0. The van der Waals surface area contributed by atoms with E-state index in [1.54, 1.807) is 12.1 Å². The molecule has 5 nitrogen and oxygen atoms in total. The average Bonchev–Trinajstić information content (AvgIpc) is 2.36. The smallest absolute Gasteiger partial charge is 0.326 e. The van der Waals surface area contributed by atoms with Crippen molar-refractivity contribution in [3.05, 3.63) is 34.9 Å². The van der Waals surface area contributed by atoms with Crippen molar-refractivity contribution in [2.75, 3.05) is 6.54 Å². The second-order valence-electron chi connectivity index (χ2n) is 5.41. The van der Waals surface area contributed by atoms with Gasteiger partial charge in [-0.2, -0.15) is 0 Å². The SMILES string of the molecule is Cc1cc(C)cc(C(=O)N2CC[C@@H](O)C[C@H]2C(=O)O)c1. The summed E-state index contributed by atoms with van der Waals surface area (Å²) >= 11 is 0. The number of aryl methyl sites for hydroxylation is 2. The van der Waals surface area contributed by atoms with Gasteiger partial charge in [0.2, 0.25) is 0 Å². The highest BCUT2D eigenvalue weighted by Crippen LogP contribution is 2.21. The highest BCUT2D eigenvalue weighted by molar-refractivity contribution is 5.97. The molecule has 20 heavy (non-hydrogen) atoms. The van der Waals surface area contributed by atoms with Crippen LogP contribution < -0.4 is 0 Å². The number of aliphatic carboxylic acids is 1. The predicted molar refractivity (Wildman–Crippen MR) is 73.6 cm³/mol. The molecule has 1 aromatic carbocycles. The largest absolute Gasteiger partial charge is 0.480 e. The number of nitrogens with zero attached hydrogens (tertiary/aromatic N) is 1. The van der Waals surface area contributed by atoms with E-state index in [4.69, 9.17) is 0 Å². The van der Waals surface area contributed by atoms with Crippen LogP contribution in [0.25, 0.3) is 0 Å². The Morgan fingerprint density at radius 1 is 1.20 bits per heavy atom. The number of carbonyl (C=O) groups excluding carboxylic acids is 1. The van der Waals surface area contributed by atoms with Crippen molar-refractivity contribution in [3.8, 4) is 0 Å². The first-order chi connectivity index (χ1) is 9.38. The van der Waals surface area contributed by atoms with Gasteiger partial charge in [-0.1, -0.05) is 17.2 Å². The number of carboxylic acid groups (broad SMARTS) is 1. The first-order valence-corrected chi connectivity index (χ1v) is 6.68. The Labute approximate surface area is 117 Å². The number of rotatable bonds is 2. The van der Waals surface area contributed by atoms with Gasteiger partial charge in [-0.15, -0.1) is 0 Å². The van der Waals surface area contributed by atoms with Crippen LogP contribution in [0.15, 0.2) is 18.2 Å². The van der Waals surface area contributed by atoms with Gasteiger partial charge in [0, 0.05) is 18.5 Å². The van der Waals surface area contributed by atoms with Crippen molar-refractivity contribution in [1.82, 2.24) is 4.90 Å². The molecule has 5 heteroatoms. The number of carboxylic acids is 1. The summed E-state index contributed by atoms with van der Waals surface area (Å²) in [7, 11) is 0. The molecule has 0 aromatic heterocycles. The number of carbonyl (C=O) groups is 2. The van der Waals surface area contributed by atoms with E-state index in [0.29, 0.717) is 12.0 Å². The van der Waals surface area contributed by atoms with Crippen molar-refractivity contribution in [1.29, 1.82) is 0 Å². The van der Waals surface area contributed by atoms with Crippen LogP contribution in [0.3, 0.4) is 0 Å². The van der Waals surface area contributed by atoms with Crippen molar-refractivity contribution >= 4 is 11.9 Å². The lowest BCUT2D eigenvalue weighted by Gasteiger charge is -2.35. The van der Waals surface area contributed by atoms with Gasteiger partial charge in [0.05, 0.1) is 6.10 Å². The van der Waals surface area contributed by atoms with Crippen LogP contribution >= 0.6 is 0 Å². The molecule has 1 fully saturated rings. The summed E-state index contributed by atoms with van der Waals surface area (Å²) in [6, 6.07) is 4.54. The number of aliphatic hydroxyl groups excluding tert-OH is 1. The third-order valence-electron chi connectivity index (χ3n) is 3.59. The fourth-order valence-corrected chi connectivity index (χ4v) is 2.69. The van der Waals surface area contributed by atoms with E-state index in [9.17, 15) is 19.8 Å². The van der Waals surface area contributed by atoms with Crippen molar-refractivity contribution in [3.63, 3.8) is 0 Å². The molecule has 0 bridgehead atoms. The lowest BCUT2D eigenvalue weighted by atomic mass is 9.97. The van der Waals surface area contributed by atoms with Gasteiger partial charge in [-0.3, -0.25) is 4.79 Å². The molecule has 0 spiro atoms. The minimum Gasteiger partial charge on any atom is -0.480 e. The summed E-state index contributed by atoms with van der Waals surface area (Å²) in [5, 5.41) is 18.8. The highest BCUT2D eigenvalue weighted by atomic mass is 16.4. The highest BCUT2D eigenvalue weighted by Gasteiger charge is 2.35. The molecule has 1 aliphatic heterocycles. The van der Waals surface area contributed by atoms with Crippen molar-refractivity contribution in [2.24, 2.45) is 0 Å². The van der Waals surface area contributed by atoms with Gasteiger partial charge >= 0.3 is 5.97 Å². The topological polar surface area (TPSA) is 77.8 Å². The Hall–Kier alpha value is -1.88. The van der Waals surface area contributed by atoms with Crippen LogP contribution in [0, 0.1) is 13.8 Å². The van der Waals surface area contributed by atoms with Gasteiger partial charge in [0.25, 0.3) is 5.91 Å². The number of amides is 1. The zero-order valence-corrected chi connectivity index (χ0v) is 11.7. The summed E-state index contributed by atoms with van der Waals surface area (Å²) in [6.07, 6.45) is -0.147. The molecule has 2 atom stereocenters. The maximum Gasteiger partial charge on any atom is 0.326 e. The minimum atomic E-state index is -1.07. The molecule has 0 unspecified atom stereocenters. The van der Waals surface area contributed by atoms with Gasteiger partial charge in [-0.25, -0.2) is 4.79 Å². The van der Waals surface area contributed by atoms with Crippen molar-refractivity contribution in [2.45, 2.75) is 38.8 Å². The predicted octanol–water partition coefficient (Wildman–Crippen LogP) is 1.35. The Morgan fingerprint density at radius 3 is 2.35 bits per heavy atom. The summed E-state index contributed by atoms with van der Waals surface area (Å²) in [4.78, 5) is 25.1. The third kappa shape index (κ3) is 2.99. The Kier molecular flexibility index (Phi) is 4.09. The molecule has 0 radical (unpaired) electrons. The number of hydrogen-bond acceptors (Lipinski definition) is 3. The molecule has 108 valence electrons. The minimum absolute atomic E-state index is 0.0892. The quantitative estimate of drug-likeness (QED) is 0.855. The molecule has 1 heterocycles. The second-order valence-corrected chi connectivity index (χ2v) is 5.41. The zero-order chi connectivity index (χ0) is 14.9. The fourth-order valence-electron chi connectivity index (χ4n) is 2.69. The van der Waals surface area contributed by atoms with E-state index in [1.807, 2.05) is 19.9 Å². The van der Waals surface area contributed by atoms with E-state index < -0.39 is 18.1 Å². The van der Waals surface area contributed by atoms with Crippen LogP contribution in [0.4, 0.5) is 0 Å². The van der Waals surface area contributed by atoms with Gasteiger partial charge in [-0.05, 0) is 32.4 Å². The van der Waals surface area contributed by atoms with Crippen molar-refractivity contribution < 1.29 is 19.8 Å². The van der Waals surface area contributed by atoms with E-state index in [0.717, 1.165) is 11.1 Å². The molecule has 2 N–H and O–H groups in total. The van der Waals surface area contributed by atoms with Crippen LogP contribution in [0.5, 0.6) is 0 Å². The van der Waals surface area contributed by atoms with E-state index in [-0.39, 0.29) is 18.9 Å². The normalized spacial score (nSPS) is 22.6. The third-order valence-corrected chi connectivity index (χ3v) is 3.59. The molecule has 1 aromatic rings. The Morgan fingerprint density at radius 2 is 1.80 bits per heavy atom. The average molecular weight is 277 g/mol. The van der Waals surface area contributed by atoms with E-state index >= 15 is 0 Å². The lowest BCUT2D eigenvalue weighted by Crippen LogP contribution is -2.51. The summed E-state index contributed by atoms with van der Waals surface area (Å²) in [6.45, 7) is 4.07. The fraction of sp³-hybridized carbons (Fsp3) is 0.467. The number of hydrogen-bond donors (Lipinski definition) is 2. The van der Waals surface area contributed by atoms with Crippen LogP contribution in [0.2, 0.25) is 0 Å². The van der Waals surface area contributed by atoms with Gasteiger partial charge in [0.1, 0.15) is 6.04 Å². The summed E-state index contributed by atoms with van der Waals surface area (Å²) in [5.41, 5.74) is 2.44. The Balaban J connectivity index is 2.28. The molecule has 1 amide bonds. The van der Waals surface area contributed by atoms with Gasteiger partial charge < -0.3 is 15.1 Å². The van der Waals surface area contributed by atoms with E-state index in [1.165, 1.54) is 4.90 Å². The molecule has 2 rings (SSSR count). The number of likely N-dealkylation sites (tertiary alicyclic amines) is 1. The molecular weight excluding hydrogens is 258 g/mol. The maximum atomic E-state index is 12.5. The summed E-state index contributed by atoms with van der Waals surface area (Å²) in [5.74, 6) is -1.35. The second kappa shape index (κ2) is 5.63. The molecule has 1 saturated heterocycles. The van der Waals surface area contributed by atoms with Crippen LogP contribution in [-0.2, 0) is 4.79 Å². The standard InChI is InChI=1S/C15H19NO4/c1-9-5-10(2)7-11(6-9)14(18)16-4-3-12(17)8-13(16)15(19)20/h5-7,12-13,17H,3-4,8H2,1-2H3,(H,19,20)/t12-,13+/m1/s1. The first kappa shape index (κ1) is 14.5. The van der Waals surface area contributed by atoms with Crippen LogP contribution in [0.1, 0.15) is 34.3 Å². The molecule has 0 saturated carbocycles. The Bertz CT molecular complexity index is 520. The molecular formula is C15H19NO4. The number of benzene rings is 1. The molecule has 0 aliphatic carbocycles. The number of aliphatic hydroxyl groups is 1. The first-order valence-electron chi connectivity index (χ1n) is 6.68. The zero-order valence-electron chi connectivity index (χ0n) is 11.7. The maximum absolute atomic E-state index is 12.5. The number of piperidine rings is 1. The van der Waals surface area contributed by atoms with E-state index in [2.05, 4.69) is 0 Å². The lowest BCUT2D eigenvalue weighted by molar-refractivity contribution is -0.145. The molecule has 1 aliphatic rings. The monoisotopic (exact) mass is 277 g/mol. The van der Waals surface area contributed by atoms with Gasteiger partial charge in [0.15, 0.2) is 0 Å².